The molecule has 126 valence electrons. The average Bonchev–Trinajstić information content (AvgIpc) is 3.18. The fourth-order valence-electron chi connectivity index (χ4n) is 3.82. The van der Waals surface area contributed by atoms with E-state index in [4.69, 9.17) is 0 Å². The summed E-state index contributed by atoms with van der Waals surface area (Å²) in [5.74, 6) is -0.169. The van der Waals surface area contributed by atoms with Gasteiger partial charge in [0.15, 0.2) is 0 Å². The molecule has 0 radical (unpaired) electrons. The third-order valence-electron chi connectivity index (χ3n) is 4.98. The zero-order valence-electron chi connectivity index (χ0n) is 12.8. The van der Waals surface area contributed by atoms with E-state index in [1.54, 1.807) is 18.3 Å². The van der Waals surface area contributed by atoms with Gasteiger partial charge in [-0.25, -0.2) is 4.98 Å². The summed E-state index contributed by atoms with van der Waals surface area (Å²) in [7, 11) is 0. The molecule has 0 spiro atoms. The predicted octanol–water partition coefficient (Wildman–Crippen LogP) is 3.83. The number of hydrogen-bond donors (Lipinski definition) is 1. The smallest absolute Gasteiger partial charge is 0.269 e. The molecule has 4 rings (SSSR count). The summed E-state index contributed by atoms with van der Waals surface area (Å²) in [5, 5.41) is 14.3. The third-order valence-corrected chi connectivity index (χ3v) is 4.98. The molecule has 2 aliphatic heterocycles. The molecule has 2 aromatic rings. The summed E-state index contributed by atoms with van der Waals surface area (Å²) in [6, 6.07) is 8.79. The van der Waals surface area contributed by atoms with Gasteiger partial charge in [-0.15, -0.1) is 12.4 Å². The van der Waals surface area contributed by atoms with E-state index >= 15 is 0 Å². The van der Waals surface area contributed by atoms with Crippen molar-refractivity contribution in [1.29, 1.82) is 0 Å². The van der Waals surface area contributed by atoms with Gasteiger partial charge in [0, 0.05) is 41.9 Å². The number of aromatic nitrogens is 1. The molecule has 1 N–H and O–H groups in total. The monoisotopic (exact) mass is 349 g/mol. The van der Waals surface area contributed by atoms with Crippen molar-refractivity contribution in [1.82, 2.24) is 10.3 Å². The molecule has 0 aliphatic carbocycles. The molecule has 2 saturated heterocycles. The van der Waals surface area contributed by atoms with Crippen LogP contribution in [0.4, 0.5) is 10.1 Å². The number of non-ortho nitro benzene ring substituents is 1. The first kappa shape index (κ1) is 16.8. The van der Waals surface area contributed by atoms with E-state index in [0.29, 0.717) is 29.1 Å². The van der Waals surface area contributed by atoms with E-state index in [2.05, 4.69) is 10.3 Å². The fourth-order valence-corrected chi connectivity index (χ4v) is 3.82. The van der Waals surface area contributed by atoms with Gasteiger partial charge in [-0.1, -0.05) is 0 Å². The molecule has 2 aliphatic rings. The van der Waals surface area contributed by atoms with Crippen molar-refractivity contribution >= 4 is 18.1 Å². The number of nitrogens with zero attached hydrogens (tertiary/aromatic N) is 2. The van der Waals surface area contributed by atoms with Gasteiger partial charge < -0.3 is 5.32 Å². The van der Waals surface area contributed by atoms with Crippen LogP contribution in [-0.2, 0) is 0 Å². The molecular weight excluding hydrogens is 333 g/mol. The highest BCUT2D eigenvalue weighted by Gasteiger charge is 2.40. The highest BCUT2D eigenvalue weighted by Crippen LogP contribution is 2.40. The van der Waals surface area contributed by atoms with Crippen LogP contribution in [0.2, 0.25) is 0 Å². The molecule has 5 nitrogen and oxygen atoms in total. The van der Waals surface area contributed by atoms with Gasteiger partial charge in [-0.05, 0) is 48.6 Å². The van der Waals surface area contributed by atoms with E-state index in [1.165, 1.54) is 18.6 Å². The minimum Gasteiger partial charge on any atom is -0.311 e. The zero-order chi connectivity index (χ0) is 16.0. The third kappa shape index (κ3) is 2.87. The van der Waals surface area contributed by atoms with E-state index in [9.17, 15) is 14.5 Å². The zero-order valence-corrected chi connectivity index (χ0v) is 13.6. The lowest BCUT2D eigenvalue weighted by Crippen LogP contribution is -2.21. The molecule has 1 aromatic heterocycles. The first-order valence-electron chi connectivity index (χ1n) is 7.78. The molecule has 0 unspecified atom stereocenters. The van der Waals surface area contributed by atoms with Crippen molar-refractivity contribution < 1.29 is 9.31 Å². The summed E-state index contributed by atoms with van der Waals surface area (Å²) in [4.78, 5) is 14.2. The Morgan fingerprint density at radius 3 is 2.58 bits per heavy atom. The van der Waals surface area contributed by atoms with Gasteiger partial charge in [0.2, 0.25) is 5.95 Å². The minimum absolute atomic E-state index is 0. The predicted molar refractivity (Wildman–Crippen MR) is 90.8 cm³/mol. The lowest BCUT2D eigenvalue weighted by molar-refractivity contribution is -0.384. The van der Waals surface area contributed by atoms with Gasteiger partial charge in [0.1, 0.15) is 0 Å². The van der Waals surface area contributed by atoms with E-state index < -0.39 is 10.9 Å². The number of rotatable bonds is 3. The van der Waals surface area contributed by atoms with Gasteiger partial charge in [-0.2, -0.15) is 4.39 Å². The maximum Gasteiger partial charge on any atom is 0.269 e. The van der Waals surface area contributed by atoms with E-state index in [1.807, 2.05) is 6.07 Å². The van der Waals surface area contributed by atoms with Gasteiger partial charge in [0.25, 0.3) is 5.69 Å². The lowest BCUT2D eigenvalue weighted by Gasteiger charge is -2.20. The highest BCUT2D eigenvalue weighted by atomic mass is 35.5. The van der Waals surface area contributed by atoms with Gasteiger partial charge in [-0.3, -0.25) is 10.1 Å². The topological polar surface area (TPSA) is 68.1 Å². The number of fused-ring (bicyclic) bond motifs is 2. The second kappa shape index (κ2) is 6.45. The van der Waals surface area contributed by atoms with Crippen molar-refractivity contribution in [2.45, 2.75) is 37.3 Å². The maximum atomic E-state index is 14.1. The quantitative estimate of drug-likeness (QED) is 0.519. The standard InChI is InChI=1S/C17H16FN3O2.ClH/c18-17-15(10-1-4-13(5-2-10)21(22)23)7-11(9-19-17)14-8-12-3-6-16(14)20-12;/h1-2,4-5,7,9,12,14,16,20H,3,6,8H2;1H/t12-,14+,16+;/m0./s1. The van der Waals surface area contributed by atoms with Crippen LogP contribution in [0.5, 0.6) is 0 Å². The Morgan fingerprint density at radius 1 is 1.25 bits per heavy atom. The summed E-state index contributed by atoms with van der Waals surface area (Å²) in [6.07, 6.45) is 5.06. The molecule has 0 saturated carbocycles. The number of nitro groups is 1. The second-order valence-corrected chi connectivity index (χ2v) is 6.30. The van der Waals surface area contributed by atoms with Crippen molar-refractivity contribution in [3.63, 3.8) is 0 Å². The molecule has 7 heteroatoms. The molecule has 0 amide bonds. The van der Waals surface area contributed by atoms with E-state index in [0.717, 1.165) is 18.4 Å². The van der Waals surface area contributed by atoms with Crippen LogP contribution in [0.1, 0.15) is 30.7 Å². The average molecular weight is 350 g/mol. The Hall–Kier alpha value is -2.05. The molecule has 2 bridgehead atoms. The largest absolute Gasteiger partial charge is 0.311 e. The highest BCUT2D eigenvalue weighted by molar-refractivity contribution is 5.85. The summed E-state index contributed by atoms with van der Waals surface area (Å²) < 4.78 is 14.1. The maximum absolute atomic E-state index is 14.1. The SMILES string of the molecule is Cl.O=[N+]([O-])c1ccc(-c2cc([C@H]3C[C@@H]4CC[C@H]3N4)cnc2F)cc1. The molecule has 24 heavy (non-hydrogen) atoms. The minimum atomic E-state index is -0.543. The second-order valence-electron chi connectivity index (χ2n) is 6.30. The number of benzene rings is 1. The van der Waals surface area contributed by atoms with Gasteiger partial charge >= 0.3 is 0 Å². The Morgan fingerprint density at radius 2 is 2.00 bits per heavy atom. The Bertz CT molecular complexity index is 769. The summed E-state index contributed by atoms with van der Waals surface area (Å²) in [5.41, 5.74) is 2.05. The van der Waals surface area contributed by atoms with Crippen LogP contribution < -0.4 is 5.32 Å². The van der Waals surface area contributed by atoms with Gasteiger partial charge in [0.05, 0.1) is 4.92 Å². The summed E-state index contributed by atoms with van der Waals surface area (Å²) in [6.45, 7) is 0. The molecular formula is C17H17ClFN3O2. The summed E-state index contributed by atoms with van der Waals surface area (Å²) >= 11 is 0. The molecule has 3 atom stereocenters. The first-order valence-corrected chi connectivity index (χ1v) is 7.78. The van der Waals surface area contributed by atoms with Crippen LogP contribution in [0.3, 0.4) is 0 Å². The van der Waals surface area contributed by atoms with Crippen LogP contribution in [0.25, 0.3) is 11.1 Å². The van der Waals surface area contributed by atoms with Crippen LogP contribution in [0, 0.1) is 16.1 Å². The Kier molecular flexibility index (Phi) is 4.51. The molecule has 2 fully saturated rings. The lowest BCUT2D eigenvalue weighted by atomic mass is 9.84. The Labute approximate surface area is 144 Å². The van der Waals surface area contributed by atoms with Crippen LogP contribution in [-0.4, -0.2) is 22.0 Å². The number of nitrogens with one attached hydrogen (secondary N) is 1. The van der Waals surface area contributed by atoms with Crippen molar-refractivity contribution in [2.75, 3.05) is 0 Å². The number of nitro benzene ring substituents is 1. The normalized spacial score (nSPS) is 24.6. The fraction of sp³-hybridized carbons (Fsp3) is 0.353. The molecule has 1 aromatic carbocycles. The van der Waals surface area contributed by atoms with Crippen molar-refractivity contribution in [3.8, 4) is 11.1 Å². The van der Waals surface area contributed by atoms with Crippen LogP contribution >= 0.6 is 12.4 Å². The van der Waals surface area contributed by atoms with Crippen molar-refractivity contribution in [3.05, 3.63) is 58.2 Å². The first-order chi connectivity index (χ1) is 11.1. The number of halogens is 2. The number of pyridine rings is 1. The Balaban J connectivity index is 0.00000169. The van der Waals surface area contributed by atoms with Crippen molar-refractivity contribution in [2.24, 2.45) is 0 Å². The van der Waals surface area contributed by atoms with E-state index in [-0.39, 0.29) is 18.1 Å². The molecule has 3 heterocycles. The number of hydrogen-bond acceptors (Lipinski definition) is 4. The van der Waals surface area contributed by atoms with Crippen LogP contribution in [0.15, 0.2) is 36.5 Å².